The summed E-state index contributed by atoms with van der Waals surface area (Å²) < 4.78 is 0. The van der Waals surface area contributed by atoms with Gasteiger partial charge in [-0.25, -0.2) is 0 Å². The molecule has 2 saturated heterocycles. The lowest BCUT2D eigenvalue weighted by Gasteiger charge is -2.35. The summed E-state index contributed by atoms with van der Waals surface area (Å²) in [6.07, 6.45) is 10.8. The first-order valence-corrected chi connectivity index (χ1v) is 10.2. The Balaban J connectivity index is 1.30. The van der Waals surface area contributed by atoms with Gasteiger partial charge in [0.05, 0.1) is 0 Å². The van der Waals surface area contributed by atoms with Gasteiger partial charge in [-0.2, -0.15) is 0 Å². The normalized spacial score (nSPS) is 24.4. The van der Waals surface area contributed by atoms with E-state index >= 15 is 0 Å². The number of nitrogens with one attached hydrogen (secondary N) is 1. The van der Waals surface area contributed by atoms with Gasteiger partial charge >= 0.3 is 0 Å². The van der Waals surface area contributed by atoms with Gasteiger partial charge in [0.2, 0.25) is 5.91 Å². The molecule has 0 saturated carbocycles. The number of hydrogen-bond acceptors (Lipinski definition) is 2. The Morgan fingerprint density at radius 1 is 1.12 bits per heavy atom. The molecule has 0 unspecified atom stereocenters. The van der Waals surface area contributed by atoms with Crippen molar-refractivity contribution < 1.29 is 4.79 Å². The predicted octanol–water partition coefficient (Wildman–Crippen LogP) is 3.97. The van der Waals surface area contributed by atoms with Crippen LogP contribution in [-0.4, -0.2) is 52.9 Å². The zero-order chi connectivity index (χ0) is 18.0. The minimum atomic E-state index is 0.350. The lowest BCUT2D eigenvalue weighted by atomic mass is 9.88. The van der Waals surface area contributed by atoms with Gasteiger partial charge in [0.1, 0.15) is 0 Å². The summed E-state index contributed by atoms with van der Waals surface area (Å²) in [5.74, 6) is 0.350. The van der Waals surface area contributed by atoms with Crippen LogP contribution >= 0.6 is 0 Å². The molecule has 4 heteroatoms. The van der Waals surface area contributed by atoms with Gasteiger partial charge in [0.25, 0.3) is 0 Å². The highest BCUT2D eigenvalue weighted by molar-refractivity contribution is 5.83. The van der Waals surface area contributed by atoms with E-state index < -0.39 is 0 Å². The van der Waals surface area contributed by atoms with E-state index in [-0.39, 0.29) is 0 Å². The molecule has 0 aliphatic carbocycles. The van der Waals surface area contributed by atoms with Crippen LogP contribution in [0.3, 0.4) is 0 Å². The Hall–Kier alpha value is -1.81. The average molecular weight is 354 g/mol. The van der Waals surface area contributed by atoms with Crippen LogP contribution < -0.4 is 0 Å². The van der Waals surface area contributed by atoms with Crippen molar-refractivity contribution >= 4 is 16.8 Å². The number of carbonyl (C=O) groups is 1. The average Bonchev–Trinajstić information content (AvgIpc) is 3.14. The molecule has 1 aromatic heterocycles. The molecule has 2 fully saturated rings. The van der Waals surface area contributed by atoms with E-state index in [2.05, 4.69) is 52.3 Å². The summed E-state index contributed by atoms with van der Waals surface area (Å²) in [5, 5.41) is 1.29. The molecule has 4 rings (SSSR count). The van der Waals surface area contributed by atoms with E-state index in [1.54, 1.807) is 0 Å². The van der Waals surface area contributed by atoms with Crippen LogP contribution in [0.15, 0.2) is 30.5 Å². The van der Waals surface area contributed by atoms with Crippen molar-refractivity contribution in [3.05, 3.63) is 36.0 Å². The Bertz CT molecular complexity index is 768. The predicted molar refractivity (Wildman–Crippen MR) is 106 cm³/mol. The van der Waals surface area contributed by atoms with Crippen LogP contribution in [0.1, 0.15) is 50.5 Å². The molecule has 2 aliphatic rings. The topological polar surface area (TPSA) is 39.3 Å². The maximum absolute atomic E-state index is 12.7. The van der Waals surface area contributed by atoms with E-state index in [9.17, 15) is 4.79 Å². The van der Waals surface area contributed by atoms with Crippen LogP contribution in [0.4, 0.5) is 0 Å². The zero-order valence-electron chi connectivity index (χ0n) is 16.0. The molecule has 0 bridgehead atoms. The van der Waals surface area contributed by atoms with E-state index in [0.717, 1.165) is 38.8 Å². The fourth-order valence-electron chi connectivity index (χ4n) is 5.06. The SMILES string of the molecule is CN1CCC[C@]12CCCN(C(=O)CCCc1c[nH]c3ccccc13)CC2. The quantitative estimate of drug-likeness (QED) is 0.903. The maximum atomic E-state index is 12.7. The number of aryl methyl sites for hydroxylation is 1. The molecule has 4 nitrogen and oxygen atoms in total. The van der Waals surface area contributed by atoms with E-state index in [1.807, 2.05) is 0 Å². The van der Waals surface area contributed by atoms with Crippen molar-refractivity contribution in [2.24, 2.45) is 0 Å². The summed E-state index contributed by atoms with van der Waals surface area (Å²) in [5.41, 5.74) is 2.89. The number of likely N-dealkylation sites (tertiary alicyclic amines) is 2. The number of H-pyrrole nitrogens is 1. The van der Waals surface area contributed by atoms with Crippen molar-refractivity contribution in [2.75, 3.05) is 26.7 Å². The second-order valence-corrected chi connectivity index (χ2v) is 8.20. The second kappa shape index (κ2) is 7.43. The van der Waals surface area contributed by atoms with E-state index in [1.165, 1.54) is 42.3 Å². The number of para-hydroxylation sites is 1. The minimum Gasteiger partial charge on any atom is -0.361 e. The van der Waals surface area contributed by atoms with Crippen molar-refractivity contribution in [3.8, 4) is 0 Å². The zero-order valence-corrected chi connectivity index (χ0v) is 16.0. The first-order valence-electron chi connectivity index (χ1n) is 10.2. The molecule has 1 amide bonds. The third-order valence-corrected chi connectivity index (χ3v) is 6.73. The number of benzene rings is 1. The number of aromatic amines is 1. The Labute approximate surface area is 156 Å². The van der Waals surface area contributed by atoms with Crippen molar-refractivity contribution in [2.45, 2.75) is 56.9 Å². The third-order valence-electron chi connectivity index (χ3n) is 6.73. The number of aromatic nitrogens is 1. The summed E-state index contributed by atoms with van der Waals surface area (Å²) in [4.78, 5) is 20.8. The van der Waals surface area contributed by atoms with E-state index in [4.69, 9.17) is 0 Å². The monoisotopic (exact) mass is 353 g/mol. The highest BCUT2D eigenvalue weighted by Gasteiger charge is 2.39. The summed E-state index contributed by atoms with van der Waals surface area (Å²) in [6.45, 7) is 3.11. The third kappa shape index (κ3) is 3.39. The summed E-state index contributed by atoms with van der Waals surface area (Å²) >= 11 is 0. The maximum Gasteiger partial charge on any atom is 0.222 e. The molecule has 0 radical (unpaired) electrons. The minimum absolute atomic E-state index is 0.350. The Morgan fingerprint density at radius 3 is 2.73 bits per heavy atom. The molecule has 26 heavy (non-hydrogen) atoms. The molecular weight excluding hydrogens is 322 g/mol. The molecule has 1 N–H and O–H groups in total. The summed E-state index contributed by atoms with van der Waals surface area (Å²) in [7, 11) is 2.27. The second-order valence-electron chi connectivity index (χ2n) is 8.20. The molecule has 1 atom stereocenters. The van der Waals surface area contributed by atoms with E-state index in [0.29, 0.717) is 17.9 Å². The first-order chi connectivity index (χ1) is 12.7. The highest BCUT2D eigenvalue weighted by Crippen LogP contribution is 2.37. The lowest BCUT2D eigenvalue weighted by Crippen LogP contribution is -2.42. The molecule has 2 aromatic rings. The smallest absolute Gasteiger partial charge is 0.222 e. The molecule has 140 valence electrons. The van der Waals surface area contributed by atoms with Crippen molar-refractivity contribution in [1.82, 2.24) is 14.8 Å². The molecule has 2 aliphatic heterocycles. The van der Waals surface area contributed by atoms with Crippen LogP contribution in [0.25, 0.3) is 10.9 Å². The first kappa shape index (κ1) is 17.6. The molecular formula is C22H31N3O. The Kier molecular flexibility index (Phi) is 5.03. The van der Waals surface area contributed by atoms with Crippen LogP contribution in [0.2, 0.25) is 0 Å². The molecule has 3 heterocycles. The van der Waals surface area contributed by atoms with Gasteiger partial charge < -0.3 is 14.8 Å². The fourth-order valence-corrected chi connectivity index (χ4v) is 5.06. The van der Waals surface area contributed by atoms with Crippen LogP contribution in [-0.2, 0) is 11.2 Å². The summed E-state index contributed by atoms with van der Waals surface area (Å²) in [6, 6.07) is 8.41. The number of fused-ring (bicyclic) bond motifs is 1. The van der Waals surface area contributed by atoms with Gasteiger partial charge in [-0.1, -0.05) is 18.2 Å². The fraction of sp³-hybridized carbons (Fsp3) is 0.591. The van der Waals surface area contributed by atoms with Gasteiger partial charge in [-0.05, 0) is 70.2 Å². The standard InChI is InChI=1S/C22H31N3O/c1-24-14-5-11-22(24)12-6-15-25(16-13-22)21(26)10-4-7-18-17-23-20-9-3-2-8-19(18)20/h2-3,8-9,17,23H,4-7,10-16H2,1H3/t22-/m1/s1. The van der Waals surface area contributed by atoms with Crippen LogP contribution in [0.5, 0.6) is 0 Å². The molecule has 1 spiro atoms. The lowest BCUT2D eigenvalue weighted by molar-refractivity contribution is -0.131. The number of carbonyl (C=O) groups excluding carboxylic acids is 1. The van der Waals surface area contributed by atoms with Crippen molar-refractivity contribution in [1.29, 1.82) is 0 Å². The number of amides is 1. The van der Waals surface area contributed by atoms with Crippen LogP contribution in [0, 0.1) is 0 Å². The number of hydrogen-bond donors (Lipinski definition) is 1. The highest BCUT2D eigenvalue weighted by atomic mass is 16.2. The number of nitrogens with zero attached hydrogens (tertiary/aromatic N) is 2. The van der Waals surface area contributed by atoms with Gasteiger partial charge in [0, 0.05) is 42.1 Å². The Morgan fingerprint density at radius 2 is 1.92 bits per heavy atom. The number of rotatable bonds is 4. The largest absolute Gasteiger partial charge is 0.361 e. The molecule has 1 aromatic carbocycles. The van der Waals surface area contributed by atoms with Crippen molar-refractivity contribution in [3.63, 3.8) is 0 Å². The van der Waals surface area contributed by atoms with Gasteiger partial charge in [0.15, 0.2) is 0 Å². The van der Waals surface area contributed by atoms with Gasteiger partial charge in [-0.15, -0.1) is 0 Å². The van der Waals surface area contributed by atoms with Gasteiger partial charge in [-0.3, -0.25) is 4.79 Å².